The van der Waals surface area contributed by atoms with E-state index in [2.05, 4.69) is 41.0 Å². The summed E-state index contributed by atoms with van der Waals surface area (Å²) in [6, 6.07) is 8.44. The van der Waals surface area contributed by atoms with Gasteiger partial charge in [0.2, 0.25) is 0 Å². The van der Waals surface area contributed by atoms with Gasteiger partial charge in [-0.05, 0) is 42.8 Å². The van der Waals surface area contributed by atoms with Crippen LogP contribution in [0, 0.1) is 6.92 Å². The van der Waals surface area contributed by atoms with Gasteiger partial charge in [-0.2, -0.15) is 0 Å². The lowest BCUT2D eigenvalue weighted by atomic mass is 10.2. The Labute approximate surface area is 110 Å². The van der Waals surface area contributed by atoms with Crippen LogP contribution in [0.4, 0.5) is 0 Å². The van der Waals surface area contributed by atoms with Gasteiger partial charge in [0, 0.05) is 22.4 Å². The number of H-pyrrole nitrogens is 1. The highest BCUT2D eigenvalue weighted by Gasteiger charge is 1.99. The molecule has 0 saturated carbocycles. The average molecular weight is 258 g/mol. The van der Waals surface area contributed by atoms with E-state index in [1.165, 1.54) is 10.9 Å². The molecule has 1 heterocycles. The van der Waals surface area contributed by atoms with Crippen LogP contribution in [0.15, 0.2) is 40.4 Å². The number of fused-ring (bicyclic) bond motifs is 1. The molecule has 2 rings (SSSR count). The molecular weight excluding hydrogens is 244 g/mol. The molecule has 0 spiro atoms. The Morgan fingerprint density at radius 2 is 2.33 bits per heavy atom. The largest absolute Gasteiger partial charge is 0.359 e. The summed E-state index contributed by atoms with van der Waals surface area (Å²) in [5, 5.41) is 2.94. The number of hydrogen-bond donors (Lipinski definition) is 1. The fourth-order valence-corrected chi connectivity index (χ4v) is 2.50. The SMILES string of the molecule is C=N/C(C=O)=C\SCc1ccc2[nH]c(C)cc2c1. The number of hydrogen-bond acceptors (Lipinski definition) is 3. The van der Waals surface area contributed by atoms with Crippen molar-refractivity contribution in [3.05, 3.63) is 46.6 Å². The lowest BCUT2D eigenvalue weighted by Gasteiger charge is -1.99. The molecule has 0 aliphatic rings. The first-order valence-corrected chi connectivity index (χ1v) is 6.59. The van der Waals surface area contributed by atoms with Gasteiger partial charge in [0.1, 0.15) is 5.70 Å². The minimum Gasteiger partial charge on any atom is -0.359 e. The van der Waals surface area contributed by atoms with Gasteiger partial charge < -0.3 is 4.98 Å². The molecule has 2 aromatic rings. The first kappa shape index (κ1) is 12.6. The highest BCUT2D eigenvalue weighted by atomic mass is 32.2. The number of aromatic amines is 1. The van der Waals surface area contributed by atoms with Crippen molar-refractivity contribution in [2.24, 2.45) is 4.99 Å². The smallest absolute Gasteiger partial charge is 0.168 e. The second-order valence-corrected chi connectivity index (χ2v) is 4.86. The van der Waals surface area contributed by atoms with Gasteiger partial charge in [0.15, 0.2) is 6.29 Å². The third-order valence-corrected chi connectivity index (χ3v) is 3.49. The molecule has 18 heavy (non-hydrogen) atoms. The third kappa shape index (κ3) is 2.90. The maximum Gasteiger partial charge on any atom is 0.168 e. The molecule has 0 aliphatic carbocycles. The highest BCUT2D eigenvalue weighted by molar-refractivity contribution is 8.01. The van der Waals surface area contributed by atoms with E-state index in [0.29, 0.717) is 12.0 Å². The molecule has 3 nitrogen and oxygen atoms in total. The first-order chi connectivity index (χ1) is 8.72. The fraction of sp³-hybridized carbons (Fsp3) is 0.143. The predicted octanol–water partition coefficient (Wildman–Crippen LogP) is 3.45. The molecule has 0 saturated heterocycles. The zero-order chi connectivity index (χ0) is 13.0. The second-order valence-electron chi connectivity index (χ2n) is 4.00. The van der Waals surface area contributed by atoms with Crippen molar-refractivity contribution in [1.29, 1.82) is 0 Å². The molecule has 4 heteroatoms. The van der Waals surface area contributed by atoms with E-state index in [9.17, 15) is 4.79 Å². The van der Waals surface area contributed by atoms with E-state index in [-0.39, 0.29) is 0 Å². The van der Waals surface area contributed by atoms with Crippen LogP contribution in [0.1, 0.15) is 11.3 Å². The van der Waals surface area contributed by atoms with Crippen molar-refractivity contribution in [3.8, 4) is 0 Å². The molecule has 0 radical (unpaired) electrons. The summed E-state index contributed by atoms with van der Waals surface area (Å²) in [4.78, 5) is 17.4. The Morgan fingerprint density at radius 1 is 1.50 bits per heavy atom. The summed E-state index contributed by atoms with van der Waals surface area (Å²) >= 11 is 1.54. The van der Waals surface area contributed by atoms with Crippen LogP contribution in [-0.4, -0.2) is 18.0 Å². The minimum absolute atomic E-state index is 0.374. The molecule has 0 amide bonds. The molecule has 92 valence electrons. The van der Waals surface area contributed by atoms with E-state index in [0.717, 1.165) is 17.0 Å². The quantitative estimate of drug-likeness (QED) is 0.507. The Balaban J connectivity index is 2.10. The zero-order valence-corrected chi connectivity index (χ0v) is 11.0. The summed E-state index contributed by atoms with van der Waals surface area (Å²) in [5.41, 5.74) is 3.91. The number of carbonyl (C=O) groups is 1. The molecule has 0 atom stereocenters. The maximum atomic E-state index is 10.5. The van der Waals surface area contributed by atoms with Gasteiger partial charge in [-0.25, -0.2) is 0 Å². The summed E-state index contributed by atoms with van der Waals surface area (Å²) < 4.78 is 0. The number of aryl methyl sites for hydroxylation is 1. The molecular formula is C14H14N2OS. The molecule has 0 fully saturated rings. The number of carbonyl (C=O) groups excluding carboxylic acids is 1. The van der Waals surface area contributed by atoms with E-state index in [4.69, 9.17) is 0 Å². The Kier molecular flexibility index (Phi) is 3.99. The summed E-state index contributed by atoms with van der Waals surface area (Å²) in [5.74, 6) is 0.813. The van der Waals surface area contributed by atoms with Crippen LogP contribution in [0.25, 0.3) is 10.9 Å². The van der Waals surface area contributed by atoms with Crippen molar-refractivity contribution in [1.82, 2.24) is 4.98 Å². The Hall–Kier alpha value is -1.81. The number of aldehydes is 1. The summed E-state index contributed by atoms with van der Waals surface area (Å²) in [7, 11) is 0. The van der Waals surface area contributed by atoms with Crippen molar-refractivity contribution in [2.75, 3.05) is 0 Å². The first-order valence-electron chi connectivity index (χ1n) is 5.55. The van der Waals surface area contributed by atoms with Crippen molar-refractivity contribution < 1.29 is 4.79 Å². The number of allylic oxidation sites excluding steroid dienone is 1. The van der Waals surface area contributed by atoms with Crippen molar-refractivity contribution in [2.45, 2.75) is 12.7 Å². The van der Waals surface area contributed by atoms with Crippen molar-refractivity contribution >= 4 is 35.7 Å². The Morgan fingerprint density at radius 3 is 3.06 bits per heavy atom. The second kappa shape index (κ2) is 5.69. The van der Waals surface area contributed by atoms with Gasteiger partial charge in [0.05, 0.1) is 0 Å². The van der Waals surface area contributed by atoms with Crippen LogP contribution in [0.5, 0.6) is 0 Å². The van der Waals surface area contributed by atoms with Crippen LogP contribution in [0.2, 0.25) is 0 Å². The number of benzene rings is 1. The monoisotopic (exact) mass is 258 g/mol. The number of nitrogens with one attached hydrogen (secondary N) is 1. The van der Waals surface area contributed by atoms with Gasteiger partial charge >= 0.3 is 0 Å². The zero-order valence-electron chi connectivity index (χ0n) is 10.1. The Bertz CT molecular complexity index is 603. The third-order valence-electron chi connectivity index (χ3n) is 2.58. The number of aromatic nitrogens is 1. The normalized spacial score (nSPS) is 11.7. The summed E-state index contributed by atoms with van der Waals surface area (Å²) in [6.07, 6.45) is 0.707. The molecule has 0 bridgehead atoms. The number of nitrogens with zero attached hydrogens (tertiary/aromatic N) is 1. The van der Waals surface area contributed by atoms with Crippen LogP contribution in [0.3, 0.4) is 0 Å². The van der Waals surface area contributed by atoms with Gasteiger partial charge in [-0.1, -0.05) is 6.07 Å². The number of aliphatic imine (C=N–C) groups is 1. The van der Waals surface area contributed by atoms with Crippen LogP contribution >= 0.6 is 11.8 Å². The lowest BCUT2D eigenvalue weighted by molar-refractivity contribution is -0.104. The van der Waals surface area contributed by atoms with Gasteiger partial charge in [-0.15, -0.1) is 11.8 Å². The topological polar surface area (TPSA) is 45.2 Å². The predicted molar refractivity (Wildman–Crippen MR) is 78.0 cm³/mol. The molecule has 1 aromatic heterocycles. The van der Waals surface area contributed by atoms with Crippen LogP contribution < -0.4 is 0 Å². The van der Waals surface area contributed by atoms with E-state index in [1.807, 2.05) is 6.92 Å². The van der Waals surface area contributed by atoms with E-state index < -0.39 is 0 Å². The standard InChI is InChI=1S/C14H14N2OS/c1-10-5-12-6-11(3-4-14(12)16-10)8-18-9-13(7-17)15-2/h3-7,9,16H,2,8H2,1H3/b13-9-. The van der Waals surface area contributed by atoms with Gasteiger partial charge in [0.25, 0.3) is 0 Å². The molecule has 1 aromatic carbocycles. The van der Waals surface area contributed by atoms with E-state index in [1.54, 1.807) is 17.2 Å². The highest BCUT2D eigenvalue weighted by Crippen LogP contribution is 2.21. The molecule has 1 N–H and O–H groups in total. The molecule has 0 aliphatic heterocycles. The average Bonchev–Trinajstić information content (AvgIpc) is 2.74. The van der Waals surface area contributed by atoms with Crippen LogP contribution in [-0.2, 0) is 10.5 Å². The fourth-order valence-electron chi connectivity index (χ4n) is 1.74. The summed E-state index contributed by atoms with van der Waals surface area (Å²) in [6.45, 7) is 5.38. The minimum atomic E-state index is 0.374. The maximum absolute atomic E-state index is 10.5. The number of thioether (sulfide) groups is 1. The molecule has 0 unspecified atom stereocenters. The van der Waals surface area contributed by atoms with Gasteiger partial charge in [-0.3, -0.25) is 9.79 Å². The van der Waals surface area contributed by atoms with E-state index >= 15 is 0 Å². The number of rotatable bonds is 5. The van der Waals surface area contributed by atoms with Crippen molar-refractivity contribution in [3.63, 3.8) is 0 Å². The lowest BCUT2D eigenvalue weighted by Crippen LogP contribution is -1.80.